The second kappa shape index (κ2) is 5.97. The molecule has 0 amide bonds. The van der Waals surface area contributed by atoms with E-state index in [1.54, 1.807) is 6.07 Å². The van der Waals surface area contributed by atoms with Crippen molar-refractivity contribution < 1.29 is 8.78 Å². The first-order chi connectivity index (χ1) is 9.08. The summed E-state index contributed by atoms with van der Waals surface area (Å²) in [7, 11) is 0. The van der Waals surface area contributed by atoms with Gasteiger partial charge in [0.25, 0.3) is 0 Å². The van der Waals surface area contributed by atoms with E-state index in [1.807, 2.05) is 0 Å². The molecule has 4 heteroatoms. The first-order valence-corrected chi connectivity index (χ1v) is 7.00. The Morgan fingerprint density at radius 2 is 1.95 bits per heavy atom. The molecule has 0 radical (unpaired) electrons. The van der Waals surface area contributed by atoms with Crippen molar-refractivity contribution in [2.75, 3.05) is 19.6 Å². The van der Waals surface area contributed by atoms with Crippen LogP contribution >= 0.6 is 0 Å². The highest BCUT2D eigenvalue weighted by molar-refractivity contribution is 5.18. The molecule has 0 aliphatic carbocycles. The second-order valence-corrected chi connectivity index (χ2v) is 5.37. The highest BCUT2D eigenvalue weighted by atomic mass is 19.2. The van der Waals surface area contributed by atoms with Crippen molar-refractivity contribution in [2.45, 2.75) is 38.8 Å². The molecular formula is C15H22F2N2. The predicted octanol–water partition coefficient (Wildman–Crippen LogP) is 2.93. The first kappa shape index (κ1) is 14.4. The van der Waals surface area contributed by atoms with Gasteiger partial charge in [-0.15, -0.1) is 0 Å². The number of nitrogens with zero attached hydrogens (tertiary/aromatic N) is 1. The Labute approximate surface area is 113 Å². The molecule has 2 rings (SSSR count). The standard InChI is InChI=1S/C15H22F2N2/c1-3-15(4-2)11-19(8-7-18-15)10-12-5-6-13(16)14(17)9-12/h5-6,9,18H,3-4,7-8,10-11H2,1-2H3. The molecule has 0 aromatic heterocycles. The Balaban J connectivity index is 2.04. The van der Waals surface area contributed by atoms with Crippen LogP contribution in [0.3, 0.4) is 0 Å². The summed E-state index contributed by atoms with van der Waals surface area (Å²) in [4.78, 5) is 2.32. The number of hydrogen-bond donors (Lipinski definition) is 1. The van der Waals surface area contributed by atoms with Crippen molar-refractivity contribution >= 4 is 0 Å². The van der Waals surface area contributed by atoms with Gasteiger partial charge in [0.05, 0.1) is 0 Å². The number of rotatable bonds is 4. The van der Waals surface area contributed by atoms with Crippen LogP contribution in [0.15, 0.2) is 18.2 Å². The van der Waals surface area contributed by atoms with E-state index in [2.05, 4.69) is 24.1 Å². The van der Waals surface area contributed by atoms with Crippen molar-refractivity contribution in [1.82, 2.24) is 10.2 Å². The zero-order chi connectivity index (χ0) is 13.9. The van der Waals surface area contributed by atoms with Crippen LogP contribution in [0.25, 0.3) is 0 Å². The Morgan fingerprint density at radius 1 is 1.21 bits per heavy atom. The van der Waals surface area contributed by atoms with Crippen molar-refractivity contribution in [3.63, 3.8) is 0 Å². The minimum Gasteiger partial charge on any atom is -0.309 e. The molecular weight excluding hydrogens is 246 g/mol. The van der Waals surface area contributed by atoms with E-state index in [1.165, 1.54) is 12.1 Å². The van der Waals surface area contributed by atoms with Gasteiger partial charge in [0, 0.05) is 31.7 Å². The van der Waals surface area contributed by atoms with Crippen molar-refractivity contribution in [1.29, 1.82) is 0 Å². The molecule has 0 bridgehead atoms. The number of hydrogen-bond acceptors (Lipinski definition) is 2. The third kappa shape index (κ3) is 3.31. The van der Waals surface area contributed by atoms with E-state index >= 15 is 0 Å². The normalized spacial score (nSPS) is 19.6. The molecule has 1 fully saturated rings. The molecule has 1 heterocycles. The van der Waals surface area contributed by atoms with Gasteiger partial charge in [-0.1, -0.05) is 19.9 Å². The van der Waals surface area contributed by atoms with Crippen molar-refractivity contribution in [3.8, 4) is 0 Å². The van der Waals surface area contributed by atoms with Gasteiger partial charge in [-0.2, -0.15) is 0 Å². The molecule has 1 N–H and O–H groups in total. The molecule has 2 nitrogen and oxygen atoms in total. The van der Waals surface area contributed by atoms with Crippen LogP contribution in [0.5, 0.6) is 0 Å². The topological polar surface area (TPSA) is 15.3 Å². The Kier molecular flexibility index (Phi) is 4.53. The molecule has 106 valence electrons. The highest BCUT2D eigenvalue weighted by Gasteiger charge is 2.31. The summed E-state index contributed by atoms with van der Waals surface area (Å²) in [5, 5.41) is 3.59. The monoisotopic (exact) mass is 268 g/mol. The molecule has 1 aliphatic rings. The Hall–Kier alpha value is -1.00. The van der Waals surface area contributed by atoms with Gasteiger partial charge in [0.2, 0.25) is 0 Å². The van der Waals surface area contributed by atoms with Crippen molar-refractivity contribution in [2.24, 2.45) is 0 Å². The van der Waals surface area contributed by atoms with E-state index in [0.29, 0.717) is 6.54 Å². The summed E-state index contributed by atoms with van der Waals surface area (Å²) in [6.07, 6.45) is 2.16. The lowest BCUT2D eigenvalue weighted by Gasteiger charge is -2.43. The maximum Gasteiger partial charge on any atom is 0.159 e. The van der Waals surface area contributed by atoms with E-state index in [-0.39, 0.29) is 5.54 Å². The van der Waals surface area contributed by atoms with Crippen LogP contribution in [-0.4, -0.2) is 30.1 Å². The molecule has 0 spiro atoms. The number of nitrogens with one attached hydrogen (secondary N) is 1. The maximum absolute atomic E-state index is 13.2. The van der Waals surface area contributed by atoms with E-state index in [9.17, 15) is 8.78 Å². The minimum absolute atomic E-state index is 0.164. The molecule has 0 atom stereocenters. The van der Waals surface area contributed by atoms with Gasteiger partial charge < -0.3 is 5.32 Å². The van der Waals surface area contributed by atoms with Gasteiger partial charge in [0.15, 0.2) is 11.6 Å². The first-order valence-electron chi connectivity index (χ1n) is 7.00. The van der Waals surface area contributed by atoms with Crippen LogP contribution in [-0.2, 0) is 6.54 Å². The molecule has 1 aromatic rings. The molecule has 0 unspecified atom stereocenters. The van der Waals surface area contributed by atoms with E-state index in [0.717, 1.165) is 38.0 Å². The smallest absolute Gasteiger partial charge is 0.159 e. The van der Waals surface area contributed by atoms with Crippen LogP contribution in [0, 0.1) is 11.6 Å². The van der Waals surface area contributed by atoms with Gasteiger partial charge in [-0.25, -0.2) is 8.78 Å². The van der Waals surface area contributed by atoms with Gasteiger partial charge >= 0.3 is 0 Å². The number of halogens is 2. The van der Waals surface area contributed by atoms with Gasteiger partial charge in [-0.05, 0) is 30.5 Å². The summed E-state index contributed by atoms with van der Waals surface area (Å²) in [5.41, 5.74) is 0.999. The fourth-order valence-corrected chi connectivity index (χ4v) is 2.80. The SMILES string of the molecule is CCC1(CC)CN(Cc2ccc(F)c(F)c2)CCN1. The molecule has 0 saturated carbocycles. The predicted molar refractivity (Wildman–Crippen MR) is 73.0 cm³/mol. The quantitative estimate of drug-likeness (QED) is 0.903. The lowest BCUT2D eigenvalue weighted by atomic mass is 9.90. The number of benzene rings is 1. The molecule has 1 aliphatic heterocycles. The zero-order valence-electron chi connectivity index (χ0n) is 11.7. The second-order valence-electron chi connectivity index (χ2n) is 5.37. The Morgan fingerprint density at radius 3 is 2.58 bits per heavy atom. The lowest BCUT2D eigenvalue weighted by Crippen LogP contribution is -2.59. The summed E-state index contributed by atoms with van der Waals surface area (Å²) >= 11 is 0. The highest BCUT2D eigenvalue weighted by Crippen LogP contribution is 2.21. The third-order valence-corrected chi connectivity index (χ3v) is 4.20. The van der Waals surface area contributed by atoms with Crippen LogP contribution in [0.2, 0.25) is 0 Å². The van der Waals surface area contributed by atoms with Crippen LogP contribution in [0.1, 0.15) is 32.3 Å². The van der Waals surface area contributed by atoms with Crippen LogP contribution in [0.4, 0.5) is 8.78 Å². The summed E-state index contributed by atoms with van der Waals surface area (Å²) in [6, 6.07) is 4.18. The number of piperazine rings is 1. The average molecular weight is 268 g/mol. The summed E-state index contributed by atoms with van der Waals surface area (Å²) in [5.74, 6) is -1.54. The fraction of sp³-hybridized carbons (Fsp3) is 0.600. The fourth-order valence-electron chi connectivity index (χ4n) is 2.80. The van der Waals surface area contributed by atoms with Gasteiger partial charge in [-0.3, -0.25) is 4.90 Å². The van der Waals surface area contributed by atoms with Crippen molar-refractivity contribution in [3.05, 3.63) is 35.4 Å². The molecule has 1 aromatic carbocycles. The summed E-state index contributed by atoms with van der Waals surface area (Å²) < 4.78 is 26.1. The van der Waals surface area contributed by atoms with Crippen LogP contribution < -0.4 is 5.32 Å². The maximum atomic E-state index is 13.2. The van der Waals surface area contributed by atoms with E-state index in [4.69, 9.17) is 0 Å². The summed E-state index contributed by atoms with van der Waals surface area (Å²) in [6.45, 7) is 7.92. The lowest BCUT2D eigenvalue weighted by molar-refractivity contribution is 0.118. The molecule has 19 heavy (non-hydrogen) atoms. The van der Waals surface area contributed by atoms with E-state index < -0.39 is 11.6 Å². The largest absolute Gasteiger partial charge is 0.309 e. The third-order valence-electron chi connectivity index (χ3n) is 4.20. The molecule has 1 saturated heterocycles. The average Bonchev–Trinajstić information content (AvgIpc) is 2.43. The minimum atomic E-state index is -0.777. The van der Waals surface area contributed by atoms with Gasteiger partial charge in [0.1, 0.15) is 0 Å². The zero-order valence-corrected chi connectivity index (χ0v) is 11.7. The Bertz CT molecular complexity index is 430.